The lowest BCUT2D eigenvalue weighted by atomic mass is 10.0. The van der Waals surface area contributed by atoms with E-state index in [1.165, 1.54) is 6.42 Å². The van der Waals surface area contributed by atoms with Crippen LogP contribution in [0.1, 0.15) is 33.6 Å². The van der Waals surface area contributed by atoms with E-state index < -0.39 is 0 Å². The van der Waals surface area contributed by atoms with Gasteiger partial charge in [-0.1, -0.05) is 20.3 Å². The summed E-state index contributed by atoms with van der Waals surface area (Å²) in [6, 6.07) is 0.304. The second-order valence-corrected chi connectivity index (χ2v) is 5.12. The first-order chi connectivity index (χ1) is 8.96. The molecule has 0 amide bonds. The third-order valence-electron chi connectivity index (χ3n) is 2.98. The van der Waals surface area contributed by atoms with Crippen LogP contribution in [0.25, 0.3) is 0 Å². The largest absolute Gasteiger partial charge is 0.352 e. The van der Waals surface area contributed by atoms with E-state index in [9.17, 15) is 0 Å². The summed E-state index contributed by atoms with van der Waals surface area (Å²) >= 11 is 0. The van der Waals surface area contributed by atoms with Crippen molar-refractivity contribution in [3.05, 3.63) is 0 Å². The molecule has 2 unspecified atom stereocenters. The Bertz CT molecular complexity index is 394. The van der Waals surface area contributed by atoms with Crippen LogP contribution in [0.5, 0.6) is 0 Å². The third kappa shape index (κ3) is 4.86. The quantitative estimate of drug-likeness (QED) is 0.509. The number of rotatable bonds is 7. The molecule has 0 saturated carbocycles. The average molecular weight is 267 g/mol. The van der Waals surface area contributed by atoms with Gasteiger partial charge in [0.15, 0.2) is 0 Å². The molecule has 108 valence electrons. The van der Waals surface area contributed by atoms with Crippen LogP contribution in [0, 0.1) is 5.92 Å². The average Bonchev–Trinajstić information content (AvgIpc) is 2.37. The molecule has 19 heavy (non-hydrogen) atoms. The van der Waals surface area contributed by atoms with Crippen molar-refractivity contribution in [3.63, 3.8) is 0 Å². The van der Waals surface area contributed by atoms with Crippen molar-refractivity contribution in [1.29, 1.82) is 0 Å². The van der Waals surface area contributed by atoms with Gasteiger partial charge < -0.3 is 10.2 Å². The lowest BCUT2D eigenvalue weighted by Gasteiger charge is -2.19. The smallest absolute Gasteiger partial charge is 0.243 e. The maximum atomic E-state index is 5.37. The van der Waals surface area contributed by atoms with Crippen LogP contribution in [-0.2, 0) is 0 Å². The standard InChI is InChI=1S/C12H25N7/c1-6-8(2)7-9(3)14-10-15-11(18-13)17-12(16-10)19(4)5/h8-9H,6-7,13H2,1-5H3,(H2,14,15,16,17,18). The highest BCUT2D eigenvalue weighted by Gasteiger charge is 2.11. The molecule has 0 bridgehead atoms. The highest BCUT2D eigenvalue weighted by molar-refractivity contribution is 5.42. The molecule has 0 fully saturated rings. The van der Waals surface area contributed by atoms with Crippen molar-refractivity contribution >= 4 is 17.8 Å². The van der Waals surface area contributed by atoms with Crippen molar-refractivity contribution in [3.8, 4) is 0 Å². The number of nitrogens with two attached hydrogens (primary N) is 1. The van der Waals surface area contributed by atoms with E-state index in [0.29, 0.717) is 29.8 Å². The van der Waals surface area contributed by atoms with Gasteiger partial charge in [0.2, 0.25) is 17.8 Å². The SMILES string of the molecule is CCC(C)CC(C)Nc1nc(NN)nc(N(C)C)n1. The lowest BCUT2D eigenvalue weighted by Crippen LogP contribution is -2.23. The van der Waals surface area contributed by atoms with Crippen molar-refractivity contribution in [1.82, 2.24) is 15.0 Å². The van der Waals surface area contributed by atoms with E-state index in [4.69, 9.17) is 5.84 Å². The molecule has 0 aliphatic heterocycles. The van der Waals surface area contributed by atoms with Crippen molar-refractivity contribution in [2.24, 2.45) is 11.8 Å². The molecule has 0 saturated heterocycles. The molecule has 0 aromatic carbocycles. The molecule has 1 aromatic rings. The van der Waals surface area contributed by atoms with Crippen LogP contribution >= 0.6 is 0 Å². The zero-order chi connectivity index (χ0) is 14.4. The second-order valence-electron chi connectivity index (χ2n) is 5.12. The molecule has 0 aliphatic rings. The van der Waals surface area contributed by atoms with E-state index in [1.54, 1.807) is 0 Å². The van der Waals surface area contributed by atoms with Gasteiger partial charge in [0, 0.05) is 20.1 Å². The molecule has 2 atom stereocenters. The second kappa shape index (κ2) is 7.08. The topological polar surface area (TPSA) is 92.0 Å². The van der Waals surface area contributed by atoms with Crippen LogP contribution in [0.3, 0.4) is 0 Å². The van der Waals surface area contributed by atoms with E-state index >= 15 is 0 Å². The van der Waals surface area contributed by atoms with Crippen molar-refractivity contribution in [2.75, 3.05) is 29.7 Å². The molecule has 0 spiro atoms. The Kier molecular flexibility index (Phi) is 5.75. The van der Waals surface area contributed by atoms with Gasteiger partial charge in [0.05, 0.1) is 0 Å². The Morgan fingerprint density at radius 1 is 1.16 bits per heavy atom. The zero-order valence-electron chi connectivity index (χ0n) is 12.4. The number of hydrazine groups is 1. The summed E-state index contributed by atoms with van der Waals surface area (Å²) in [7, 11) is 3.75. The molecular weight excluding hydrogens is 242 g/mol. The van der Waals surface area contributed by atoms with Crippen LogP contribution < -0.4 is 21.5 Å². The minimum atomic E-state index is 0.304. The van der Waals surface area contributed by atoms with Crippen LogP contribution in [-0.4, -0.2) is 35.1 Å². The summed E-state index contributed by atoms with van der Waals surface area (Å²) in [6.07, 6.45) is 2.24. The summed E-state index contributed by atoms with van der Waals surface area (Å²) in [5, 5.41) is 3.29. The number of hydrogen-bond acceptors (Lipinski definition) is 7. The molecule has 7 nitrogen and oxygen atoms in total. The predicted molar refractivity (Wildman–Crippen MR) is 79.1 cm³/mol. The molecule has 0 aliphatic carbocycles. The van der Waals surface area contributed by atoms with Gasteiger partial charge in [0.25, 0.3) is 0 Å². The van der Waals surface area contributed by atoms with Gasteiger partial charge in [-0.3, -0.25) is 5.43 Å². The molecule has 7 heteroatoms. The Labute approximate surface area is 115 Å². The minimum Gasteiger partial charge on any atom is -0.352 e. The van der Waals surface area contributed by atoms with Gasteiger partial charge in [-0.25, -0.2) is 5.84 Å². The number of hydrogen-bond donors (Lipinski definition) is 3. The zero-order valence-corrected chi connectivity index (χ0v) is 12.4. The molecule has 0 radical (unpaired) electrons. The monoisotopic (exact) mass is 267 g/mol. The van der Waals surface area contributed by atoms with E-state index in [2.05, 4.69) is 46.5 Å². The van der Waals surface area contributed by atoms with Gasteiger partial charge >= 0.3 is 0 Å². The summed E-state index contributed by atoms with van der Waals surface area (Å²) in [6.45, 7) is 6.56. The van der Waals surface area contributed by atoms with E-state index in [1.807, 2.05) is 19.0 Å². The van der Waals surface area contributed by atoms with E-state index in [-0.39, 0.29) is 0 Å². The number of anilines is 3. The van der Waals surface area contributed by atoms with Crippen molar-refractivity contribution < 1.29 is 0 Å². The highest BCUT2D eigenvalue weighted by atomic mass is 15.4. The normalized spacial score (nSPS) is 13.8. The third-order valence-corrected chi connectivity index (χ3v) is 2.98. The lowest BCUT2D eigenvalue weighted by molar-refractivity contribution is 0.482. The molecule has 1 rings (SSSR count). The summed E-state index contributed by atoms with van der Waals surface area (Å²) < 4.78 is 0. The molecule has 1 aromatic heterocycles. The molecular formula is C12H25N7. The minimum absolute atomic E-state index is 0.304. The molecule has 4 N–H and O–H groups in total. The summed E-state index contributed by atoms with van der Waals surface area (Å²) in [5.41, 5.74) is 2.46. The maximum Gasteiger partial charge on any atom is 0.243 e. The molecule has 1 heterocycles. The Morgan fingerprint density at radius 3 is 2.32 bits per heavy atom. The Morgan fingerprint density at radius 2 is 1.79 bits per heavy atom. The van der Waals surface area contributed by atoms with Crippen LogP contribution in [0.4, 0.5) is 17.8 Å². The fourth-order valence-corrected chi connectivity index (χ4v) is 1.74. The van der Waals surface area contributed by atoms with Crippen LogP contribution in [0.2, 0.25) is 0 Å². The predicted octanol–water partition coefficient (Wildman–Crippen LogP) is 1.46. The number of aromatic nitrogens is 3. The Balaban J connectivity index is 2.79. The van der Waals surface area contributed by atoms with Gasteiger partial charge in [0.1, 0.15) is 0 Å². The highest BCUT2D eigenvalue weighted by Crippen LogP contribution is 2.15. The van der Waals surface area contributed by atoms with Gasteiger partial charge in [-0.05, 0) is 19.3 Å². The Hall–Kier alpha value is -1.63. The summed E-state index contributed by atoms with van der Waals surface area (Å²) in [4.78, 5) is 14.5. The summed E-state index contributed by atoms with van der Waals surface area (Å²) in [5.74, 6) is 7.52. The van der Waals surface area contributed by atoms with Gasteiger partial charge in [-0.15, -0.1) is 0 Å². The first-order valence-electron chi connectivity index (χ1n) is 6.62. The number of nitrogens with one attached hydrogen (secondary N) is 2. The van der Waals surface area contributed by atoms with Crippen LogP contribution in [0.15, 0.2) is 0 Å². The first kappa shape index (κ1) is 15.4. The first-order valence-corrected chi connectivity index (χ1v) is 6.62. The number of nitrogens with zero attached hydrogens (tertiary/aromatic N) is 4. The fraction of sp³-hybridized carbons (Fsp3) is 0.750. The van der Waals surface area contributed by atoms with Crippen molar-refractivity contribution in [2.45, 2.75) is 39.7 Å². The maximum absolute atomic E-state index is 5.37. The fourth-order valence-electron chi connectivity index (χ4n) is 1.74. The number of nitrogen functional groups attached to an aromatic ring is 1. The van der Waals surface area contributed by atoms with E-state index in [0.717, 1.165) is 6.42 Å². The van der Waals surface area contributed by atoms with Gasteiger partial charge in [-0.2, -0.15) is 15.0 Å².